The number of rotatable bonds is 2. The van der Waals surface area contributed by atoms with Crippen LogP contribution in [0, 0.1) is 12.3 Å². The van der Waals surface area contributed by atoms with E-state index in [1.807, 2.05) is 4.90 Å². The van der Waals surface area contributed by atoms with E-state index in [-0.39, 0.29) is 6.03 Å². The van der Waals surface area contributed by atoms with E-state index in [2.05, 4.69) is 36.1 Å². The lowest BCUT2D eigenvalue weighted by molar-refractivity contribution is -0.192. The Morgan fingerprint density at radius 2 is 1.61 bits per heavy atom. The molecule has 1 aromatic carbocycles. The Kier molecular flexibility index (Phi) is 6.92. The first-order valence-corrected chi connectivity index (χ1v) is 9.13. The number of halogens is 3. The molecule has 9 heteroatoms. The predicted octanol–water partition coefficient (Wildman–Crippen LogP) is 2.99. The summed E-state index contributed by atoms with van der Waals surface area (Å²) in [5, 5.41) is 7.12. The van der Waals surface area contributed by atoms with Crippen LogP contribution < -0.4 is 5.73 Å². The van der Waals surface area contributed by atoms with Gasteiger partial charge in [-0.3, -0.25) is 4.90 Å². The summed E-state index contributed by atoms with van der Waals surface area (Å²) in [7, 11) is 0. The van der Waals surface area contributed by atoms with Crippen LogP contribution in [0.1, 0.15) is 30.4 Å². The van der Waals surface area contributed by atoms with E-state index >= 15 is 0 Å². The monoisotopic (exact) mass is 401 g/mol. The lowest BCUT2D eigenvalue weighted by atomic mass is 9.77. The van der Waals surface area contributed by atoms with E-state index in [1.54, 1.807) is 0 Å². The zero-order valence-corrected chi connectivity index (χ0v) is 15.8. The molecule has 0 saturated carbocycles. The van der Waals surface area contributed by atoms with Gasteiger partial charge in [0.05, 0.1) is 0 Å². The van der Waals surface area contributed by atoms with Crippen molar-refractivity contribution in [2.24, 2.45) is 11.1 Å². The molecule has 2 fully saturated rings. The Morgan fingerprint density at radius 3 is 2.04 bits per heavy atom. The molecule has 2 saturated heterocycles. The molecule has 6 nitrogen and oxygen atoms in total. The molecule has 0 aromatic heterocycles. The number of carbonyl (C=O) groups excluding carboxylic acids is 1. The first kappa shape index (κ1) is 22.0. The quantitative estimate of drug-likeness (QED) is 0.798. The first-order valence-electron chi connectivity index (χ1n) is 9.13. The third kappa shape index (κ3) is 6.12. The number of likely N-dealkylation sites (tertiary alicyclic amines) is 2. The highest BCUT2D eigenvalue weighted by Gasteiger charge is 2.41. The number of carbonyl (C=O) groups is 2. The second-order valence-corrected chi connectivity index (χ2v) is 7.57. The number of carboxylic acid groups (broad SMARTS) is 1. The molecular formula is C19H26F3N3O3. The van der Waals surface area contributed by atoms with Crippen molar-refractivity contribution in [2.45, 2.75) is 38.9 Å². The highest BCUT2D eigenvalue weighted by atomic mass is 19.4. The van der Waals surface area contributed by atoms with Crippen LogP contribution in [0.3, 0.4) is 0 Å². The molecule has 0 atom stereocenters. The van der Waals surface area contributed by atoms with E-state index in [4.69, 9.17) is 15.6 Å². The zero-order valence-electron chi connectivity index (χ0n) is 15.8. The number of amides is 2. The topological polar surface area (TPSA) is 86.9 Å². The SMILES string of the molecule is Cc1ccc(CN2CCC3(CC2)CCN(C(N)=O)C3)cc1.O=C(O)C(F)(F)F. The fourth-order valence-electron chi connectivity index (χ4n) is 3.67. The molecule has 2 aliphatic heterocycles. The first-order chi connectivity index (χ1) is 13.0. The number of benzene rings is 1. The van der Waals surface area contributed by atoms with Crippen molar-refractivity contribution in [2.75, 3.05) is 26.2 Å². The van der Waals surface area contributed by atoms with Gasteiger partial charge in [0.1, 0.15) is 0 Å². The smallest absolute Gasteiger partial charge is 0.475 e. The minimum Gasteiger partial charge on any atom is -0.475 e. The fourth-order valence-corrected chi connectivity index (χ4v) is 3.67. The van der Waals surface area contributed by atoms with Crippen molar-refractivity contribution in [3.8, 4) is 0 Å². The number of hydrogen-bond acceptors (Lipinski definition) is 3. The van der Waals surface area contributed by atoms with Gasteiger partial charge in [-0.1, -0.05) is 29.8 Å². The number of piperidine rings is 1. The molecule has 0 unspecified atom stereocenters. The Bertz CT molecular complexity index is 684. The summed E-state index contributed by atoms with van der Waals surface area (Å²) >= 11 is 0. The molecule has 156 valence electrons. The van der Waals surface area contributed by atoms with Gasteiger partial charge in [0.25, 0.3) is 0 Å². The second kappa shape index (κ2) is 8.81. The highest BCUT2D eigenvalue weighted by molar-refractivity contribution is 5.73. The Hall–Kier alpha value is -2.29. The van der Waals surface area contributed by atoms with Gasteiger partial charge in [-0.05, 0) is 50.3 Å². The number of aliphatic carboxylic acids is 1. The Balaban J connectivity index is 0.000000345. The number of nitrogens with two attached hydrogens (primary N) is 1. The van der Waals surface area contributed by atoms with Crippen LogP contribution in [0.5, 0.6) is 0 Å². The third-order valence-corrected chi connectivity index (χ3v) is 5.44. The number of alkyl halides is 3. The summed E-state index contributed by atoms with van der Waals surface area (Å²) in [5.74, 6) is -2.76. The molecule has 1 spiro atoms. The maximum absolute atomic E-state index is 11.3. The maximum atomic E-state index is 11.3. The summed E-state index contributed by atoms with van der Waals surface area (Å²) in [6.07, 6.45) is -1.60. The average Bonchev–Trinajstić information content (AvgIpc) is 3.03. The standard InChI is InChI=1S/C17H25N3O.C2HF3O2/c1-14-2-4-15(5-3-14)12-19-9-6-17(7-10-19)8-11-20(13-17)16(18)21;3-2(4,5)1(6)7/h2-5H,6-13H2,1H3,(H2,18,21);(H,6,7). The van der Waals surface area contributed by atoms with Crippen molar-refractivity contribution >= 4 is 12.0 Å². The molecule has 2 amide bonds. The van der Waals surface area contributed by atoms with Crippen LogP contribution in [0.4, 0.5) is 18.0 Å². The normalized spacial score (nSPS) is 19.2. The summed E-state index contributed by atoms with van der Waals surface area (Å²) in [6, 6.07) is 8.56. The summed E-state index contributed by atoms with van der Waals surface area (Å²) in [5.41, 5.74) is 8.44. The van der Waals surface area contributed by atoms with E-state index < -0.39 is 12.1 Å². The van der Waals surface area contributed by atoms with E-state index in [0.29, 0.717) is 5.41 Å². The number of urea groups is 1. The molecule has 3 rings (SSSR count). The van der Waals surface area contributed by atoms with Crippen LogP contribution >= 0.6 is 0 Å². The van der Waals surface area contributed by atoms with E-state index in [9.17, 15) is 18.0 Å². The van der Waals surface area contributed by atoms with Crippen molar-refractivity contribution in [1.29, 1.82) is 0 Å². The van der Waals surface area contributed by atoms with Crippen molar-refractivity contribution in [1.82, 2.24) is 9.80 Å². The third-order valence-electron chi connectivity index (χ3n) is 5.44. The number of primary amides is 1. The summed E-state index contributed by atoms with van der Waals surface area (Å²) < 4.78 is 31.7. The van der Waals surface area contributed by atoms with Crippen LogP contribution in [-0.2, 0) is 11.3 Å². The molecular weight excluding hydrogens is 375 g/mol. The van der Waals surface area contributed by atoms with Crippen molar-refractivity contribution in [3.63, 3.8) is 0 Å². The Labute approximate surface area is 162 Å². The second-order valence-electron chi connectivity index (χ2n) is 7.57. The minimum atomic E-state index is -5.08. The van der Waals surface area contributed by atoms with Gasteiger partial charge < -0.3 is 15.7 Å². The average molecular weight is 401 g/mol. The van der Waals surface area contributed by atoms with Crippen LogP contribution in [0.15, 0.2) is 24.3 Å². The van der Waals surface area contributed by atoms with Gasteiger partial charge in [-0.25, -0.2) is 9.59 Å². The molecule has 3 N–H and O–H groups in total. The van der Waals surface area contributed by atoms with E-state index in [1.165, 1.54) is 24.0 Å². The number of hydrogen-bond donors (Lipinski definition) is 2. The van der Waals surface area contributed by atoms with Gasteiger partial charge in [0, 0.05) is 19.6 Å². The van der Waals surface area contributed by atoms with Gasteiger partial charge in [0.15, 0.2) is 0 Å². The minimum absolute atomic E-state index is 0.256. The van der Waals surface area contributed by atoms with Crippen LogP contribution in [-0.4, -0.2) is 59.3 Å². The molecule has 0 bridgehead atoms. The van der Waals surface area contributed by atoms with Gasteiger partial charge >= 0.3 is 18.2 Å². The Morgan fingerprint density at radius 1 is 1.11 bits per heavy atom. The van der Waals surface area contributed by atoms with Crippen LogP contribution in [0.2, 0.25) is 0 Å². The molecule has 0 radical (unpaired) electrons. The molecule has 28 heavy (non-hydrogen) atoms. The summed E-state index contributed by atoms with van der Waals surface area (Å²) in [6.45, 7) is 7.11. The zero-order chi connectivity index (χ0) is 20.9. The van der Waals surface area contributed by atoms with E-state index in [0.717, 1.165) is 39.1 Å². The fraction of sp³-hybridized carbons (Fsp3) is 0.579. The maximum Gasteiger partial charge on any atom is 0.490 e. The van der Waals surface area contributed by atoms with Gasteiger partial charge in [-0.2, -0.15) is 13.2 Å². The number of nitrogens with zero attached hydrogens (tertiary/aromatic N) is 2. The van der Waals surface area contributed by atoms with Crippen molar-refractivity contribution in [3.05, 3.63) is 35.4 Å². The summed E-state index contributed by atoms with van der Waals surface area (Å²) in [4.78, 5) is 24.5. The molecule has 1 aromatic rings. The highest BCUT2D eigenvalue weighted by Crippen LogP contribution is 2.40. The molecule has 2 heterocycles. The lowest BCUT2D eigenvalue weighted by Gasteiger charge is -2.39. The largest absolute Gasteiger partial charge is 0.490 e. The van der Waals surface area contributed by atoms with Gasteiger partial charge in [0.2, 0.25) is 0 Å². The molecule has 2 aliphatic rings. The molecule has 0 aliphatic carbocycles. The lowest BCUT2D eigenvalue weighted by Crippen LogP contribution is -2.42. The van der Waals surface area contributed by atoms with Crippen LogP contribution in [0.25, 0.3) is 0 Å². The van der Waals surface area contributed by atoms with Crippen molar-refractivity contribution < 1.29 is 27.9 Å². The predicted molar refractivity (Wildman–Crippen MR) is 97.6 cm³/mol. The van der Waals surface area contributed by atoms with Gasteiger partial charge in [-0.15, -0.1) is 0 Å². The number of carboxylic acids is 1. The number of aryl methyl sites for hydroxylation is 1.